The molecule has 0 saturated heterocycles. The van der Waals surface area contributed by atoms with Crippen molar-refractivity contribution in [1.29, 1.82) is 0 Å². The Morgan fingerprint density at radius 3 is 2.85 bits per heavy atom. The Balaban J connectivity index is 2.96. The molecule has 7 heteroatoms. The molecule has 1 rings (SSSR count). The number of aliphatic hydroxyl groups is 1. The fourth-order valence-electron chi connectivity index (χ4n) is 1.37. The standard InChI is InChI=1S/C13H18N2O4S/c1-15(6-8-19-2)20(17,18)13-9-12(10-14-11-13)5-3-4-7-16/h9-11,16H,4,6-8H2,1-2H3. The van der Waals surface area contributed by atoms with Crippen molar-refractivity contribution in [3.8, 4) is 11.8 Å². The molecule has 6 nitrogen and oxygen atoms in total. The van der Waals surface area contributed by atoms with E-state index in [0.717, 1.165) is 0 Å². The van der Waals surface area contributed by atoms with Crippen molar-refractivity contribution >= 4 is 10.0 Å². The first-order chi connectivity index (χ1) is 9.52. The first-order valence-corrected chi connectivity index (χ1v) is 7.46. The van der Waals surface area contributed by atoms with E-state index in [0.29, 0.717) is 18.6 Å². The maximum Gasteiger partial charge on any atom is 0.244 e. The zero-order valence-corrected chi connectivity index (χ0v) is 12.4. The zero-order chi connectivity index (χ0) is 15.0. The molecule has 1 aromatic rings. The normalized spacial score (nSPS) is 11.2. The number of hydrogen-bond donors (Lipinski definition) is 1. The van der Waals surface area contributed by atoms with Gasteiger partial charge in [-0.1, -0.05) is 11.8 Å². The molecule has 1 aromatic heterocycles. The van der Waals surface area contributed by atoms with Crippen LogP contribution in [-0.4, -0.2) is 56.7 Å². The average molecular weight is 298 g/mol. The zero-order valence-electron chi connectivity index (χ0n) is 11.5. The number of hydrogen-bond acceptors (Lipinski definition) is 5. The van der Waals surface area contributed by atoms with Crippen molar-refractivity contribution in [3.05, 3.63) is 24.0 Å². The third-order valence-electron chi connectivity index (χ3n) is 2.50. The molecule has 0 aliphatic rings. The molecule has 0 saturated carbocycles. The summed E-state index contributed by atoms with van der Waals surface area (Å²) in [5.74, 6) is 5.49. The molecule has 110 valence electrons. The molecular formula is C13H18N2O4S. The van der Waals surface area contributed by atoms with Crippen molar-refractivity contribution in [3.63, 3.8) is 0 Å². The van der Waals surface area contributed by atoms with E-state index in [9.17, 15) is 8.42 Å². The Morgan fingerprint density at radius 2 is 2.20 bits per heavy atom. The summed E-state index contributed by atoms with van der Waals surface area (Å²) in [7, 11) is -0.593. The summed E-state index contributed by atoms with van der Waals surface area (Å²) in [6.07, 6.45) is 3.11. The largest absolute Gasteiger partial charge is 0.395 e. The predicted molar refractivity (Wildman–Crippen MR) is 74.5 cm³/mol. The van der Waals surface area contributed by atoms with Gasteiger partial charge in [-0.25, -0.2) is 8.42 Å². The highest BCUT2D eigenvalue weighted by molar-refractivity contribution is 7.89. The van der Waals surface area contributed by atoms with Gasteiger partial charge in [0.25, 0.3) is 0 Å². The maximum atomic E-state index is 12.3. The molecule has 0 aliphatic heterocycles. The lowest BCUT2D eigenvalue weighted by Gasteiger charge is -2.16. The number of methoxy groups -OCH3 is 1. The lowest BCUT2D eigenvalue weighted by Crippen LogP contribution is -2.30. The Morgan fingerprint density at radius 1 is 1.45 bits per heavy atom. The van der Waals surface area contributed by atoms with Gasteiger partial charge in [0.2, 0.25) is 10.0 Å². The van der Waals surface area contributed by atoms with Crippen LogP contribution in [0, 0.1) is 11.8 Å². The lowest BCUT2D eigenvalue weighted by atomic mass is 10.3. The van der Waals surface area contributed by atoms with Gasteiger partial charge in [0, 0.05) is 45.1 Å². The number of nitrogens with zero attached hydrogens (tertiary/aromatic N) is 2. The molecule has 0 bridgehead atoms. The molecule has 0 amide bonds. The SMILES string of the molecule is COCCN(C)S(=O)(=O)c1cncc(C#CCCO)c1. The number of likely N-dealkylation sites (N-methyl/N-ethyl adjacent to an activating group) is 1. The third kappa shape index (κ3) is 4.58. The van der Waals surface area contributed by atoms with Crippen LogP contribution in [0.5, 0.6) is 0 Å². The van der Waals surface area contributed by atoms with Crippen LogP contribution in [0.4, 0.5) is 0 Å². The molecule has 0 radical (unpaired) electrons. The minimum absolute atomic E-state index is 0.0296. The van der Waals surface area contributed by atoms with Crippen LogP contribution in [-0.2, 0) is 14.8 Å². The van der Waals surface area contributed by atoms with E-state index in [1.165, 1.54) is 36.9 Å². The van der Waals surface area contributed by atoms with Crippen molar-refractivity contribution in [1.82, 2.24) is 9.29 Å². The van der Waals surface area contributed by atoms with Crippen LogP contribution < -0.4 is 0 Å². The van der Waals surface area contributed by atoms with Crippen LogP contribution in [0.1, 0.15) is 12.0 Å². The predicted octanol–water partition coefficient (Wildman–Crippen LogP) is 0.0824. The highest BCUT2D eigenvalue weighted by atomic mass is 32.2. The van der Waals surface area contributed by atoms with Gasteiger partial charge >= 0.3 is 0 Å². The smallest absolute Gasteiger partial charge is 0.244 e. The van der Waals surface area contributed by atoms with Gasteiger partial charge in [-0.05, 0) is 6.07 Å². The summed E-state index contributed by atoms with van der Waals surface area (Å²) in [6.45, 7) is 0.552. The van der Waals surface area contributed by atoms with E-state index in [-0.39, 0.29) is 18.0 Å². The molecule has 0 aromatic carbocycles. The Labute approximate surface area is 119 Å². The second kappa shape index (κ2) is 7.97. The van der Waals surface area contributed by atoms with Gasteiger partial charge in [0.05, 0.1) is 13.2 Å². The molecule has 1 N–H and O–H groups in total. The molecule has 0 spiro atoms. The van der Waals surface area contributed by atoms with E-state index in [1.54, 1.807) is 0 Å². The fraction of sp³-hybridized carbons (Fsp3) is 0.462. The summed E-state index contributed by atoms with van der Waals surface area (Å²) in [5, 5.41) is 8.65. The molecule has 0 aliphatic carbocycles. The van der Waals surface area contributed by atoms with Gasteiger partial charge < -0.3 is 9.84 Å². The number of aromatic nitrogens is 1. The number of aliphatic hydroxyl groups excluding tert-OH is 1. The van der Waals surface area contributed by atoms with Crippen LogP contribution >= 0.6 is 0 Å². The first kappa shape index (κ1) is 16.6. The quantitative estimate of drug-likeness (QED) is 0.753. The third-order valence-corrected chi connectivity index (χ3v) is 4.32. The van der Waals surface area contributed by atoms with E-state index in [4.69, 9.17) is 9.84 Å². The number of pyridine rings is 1. The number of ether oxygens (including phenoxy) is 1. The second-order valence-electron chi connectivity index (χ2n) is 4.00. The molecular weight excluding hydrogens is 280 g/mol. The first-order valence-electron chi connectivity index (χ1n) is 6.02. The Kier molecular flexibility index (Phi) is 6.61. The van der Waals surface area contributed by atoms with Gasteiger partial charge in [-0.3, -0.25) is 4.98 Å². The summed E-state index contributed by atoms with van der Waals surface area (Å²) < 4.78 is 30.6. The van der Waals surface area contributed by atoms with Crippen molar-refractivity contribution in [2.45, 2.75) is 11.3 Å². The highest BCUT2D eigenvalue weighted by Crippen LogP contribution is 2.14. The van der Waals surface area contributed by atoms with Crippen molar-refractivity contribution in [2.24, 2.45) is 0 Å². The molecule has 0 fully saturated rings. The van der Waals surface area contributed by atoms with Gasteiger partial charge in [0.1, 0.15) is 4.90 Å². The summed E-state index contributed by atoms with van der Waals surface area (Å²) in [6, 6.07) is 1.47. The second-order valence-corrected chi connectivity index (χ2v) is 6.05. The highest BCUT2D eigenvalue weighted by Gasteiger charge is 2.20. The van der Waals surface area contributed by atoms with Crippen LogP contribution in [0.2, 0.25) is 0 Å². The number of sulfonamides is 1. The summed E-state index contributed by atoms with van der Waals surface area (Å²) in [4.78, 5) is 3.98. The molecule has 20 heavy (non-hydrogen) atoms. The Bertz CT molecular complexity index is 590. The van der Waals surface area contributed by atoms with Crippen molar-refractivity contribution in [2.75, 3.05) is 33.9 Å². The minimum atomic E-state index is -3.59. The van der Waals surface area contributed by atoms with Crippen LogP contribution in [0.3, 0.4) is 0 Å². The summed E-state index contributed by atoms with van der Waals surface area (Å²) in [5.41, 5.74) is 0.500. The van der Waals surface area contributed by atoms with Crippen molar-refractivity contribution < 1.29 is 18.3 Å². The van der Waals surface area contributed by atoms with E-state index in [1.807, 2.05) is 0 Å². The van der Waals surface area contributed by atoms with E-state index >= 15 is 0 Å². The molecule has 1 heterocycles. The topological polar surface area (TPSA) is 79.7 Å². The minimum Gasteiger partial charge on any atom is -0.395 e. The summed E-state index contributed by atoms with van der Waals surface area (Å²) >= 11 is 0. The van der Waals surface area contributed by atoms with E-state index in [2.05, 4.69) is 16.8 Å². The van der Waals surface area contributed by atoms with Crippen LogP contribution in [0.25, 0.3) is 0 Å². The van der Waals surface area contributed by atoms with Gasteiger partial charge in [-0.2, -0.15) is 4.31 Å². The van der Waals surface area contributed by atoms with E-state index < -0.39 is 10.0 Å². The average Bonchev–Trinajstić information content (AvgIpc) is 2.45. The lowest BCUT2D eigenvalue weighted by molar-refractivity contribution is 0.185. The van der Waals surface area contributed by atoms with Gasteiger partial charge in [0.15, 0.2) is 0 Å². The fourth-order valence-corrected chi connectivity index (χ4v) is 2.51. The monoisotopic (exact) mass is 298 g/mol. The number of rotatable bonds is 6. The Hall–Kier alpha value is -1.46. The maximum absolute atomic E-state index is 12.3. The molecule has 0 atom stereocenters. The van der Waals surface area contributed by atoms with Crippen LogP contribution in [0.15, 0.2) is 23.4 Å². The molecule has 0 unspecified atom stereocenters. The van der Waals surface area contributed by atoms with Gasteiger partial charge in [-0.15, -0.1) is 0 Å².